The highest BCUT2D eigenvalue weighted by atomic mass is 16.2. The van der Waals surface area contributed by atoms with E-state index < -0.39 is 0 Å². The summed E-state index contributed by atoms with van der Waals surface area (Å²) in [5.74, 6) is 0.899. The average Bonchev–Trinajstić information content (AvgIpc) is 1.97. The Morgan fingerprint density at radius 2 is 1.81 bits per heavy atom. The molecule has 0 saturated heterocycles. The van der Waals surface area contributed by atoms with Gasteiger partial charge in [0.1, 0.15) is 0 Å². The monoisotopic (exact) mass is 225 g/mol. The van der Waals surface area contributed by atoms with Crippen molar-refractivity contribution in [3.05, 3.63) is 0 Å². The van der Waals surface area contributed by atoms with Crippen LogP contribution in [0, 0.1) is 16.7 Å². The van der Waals surface area contributed by atoms with Crippen molar-refractivity contribution in [1.82, 2.24) is 5.32 Å². The Kier molecular flexibility index (Phi) is 3.71. The number of carbonyl (C=O) groups is 1. The summed E-state index contributed by atoms with van der Waals surface area (Å²) in [5, 5.41) is 3.21. The van der Waals surface area contributed by atoms with Gasteiger partial charge >= 0.3 is 0 Å². The first kappa shape index (κ1) is 13.5. The molecule has 0 bridgehead atoms. The Morgan fingerprint density at radius 1 is 1.25 bits per heavy atom. The van der Waals surface area contributed by atoms with Crippen molar-refractivity contribution in [2.75, 3.05) is 0 Å². The minimum atomic E-state index is -0.273. The molecule has 1 saturated carbocycles. The lowest BCUT2D eigenvalue weighted by Gasteiger charge is -2.40. The minimum Gasteiger partial charge on any atom is -0.353 e. The molecule has 1 fully saturated rings. The second-order valence-corrected chi connectivity index (χ2v) is 7.33. The third kappa shape index (κ3) is 3.80. The Balaban J connectivity index is 2.58. The summed E-state index contributed by atoms with van der Waals surface area (Å²) >= 11 is 0. The molecule has 94 valence electrons. The van der Waals surface area contributed by atoms with Crippen LogP contribution >= 0.6 is 0 Å². The number of hydrogen-bond acceptors (Lipinski definition) is 1. The van der Waals surface area contributed by atoms with E-state index in [-0.39, 0.29) is 11.3 Å². The number of hydrogen-bond donors (Lipinski definition) is 1. The highest BCUT2D eigenvalue weighted by molar-refractivity contribution is 5.81. The molecular weight excluding hydrogens is 198 g/mol. The first-order valence-electron chi connectivity index (χ1n) is 6.41. The van der Waals surface area contributed by atoms with Gasteiger partial charge in [0.05, 0.1) is 0 Å². The topological polar surface area (TPSA) is 29.1 Å². The fourth-order valence-electron chi connectivity index (χ4n) is 2.86. The molecule has 1 aliphatic rings. The van der Waals surface area contributed by atoms with Crippen molar-refractivity contribution in [2.45, 2.75) is 66.8 Å². The fraction of sp³-hybridized carbons (Fsp3) is 0.929. The van der Waals surface area contributed by atoms with Crippen LogP contribution in [0.5, 0.6) is 0 Å². The molecule has 2 unspecified atom stereocenters. The molecule has 2 nitrogen and oxygen atoms in total. The van der Waals surface area contributed by atoms with Gasteiger partial charge in [-0.3, -0.25) is 4.79 Å². The summed E-state index contributed by atoms with van der Waals surface area (Å²) in [6.45, 7) is 12.8. The molecule has 0 aromatic rings. The van der Waals surface area contributed by atoms with Gasteiger partial charge in [-0.25, -0.2) is 0 Å². The molecule has 1 rings (SSSR count). The maximum absolute atomic E-state index is 11.9. The zero-order valence-corrected chi connectivity index (χ0v) is 11.7. The zero-order chi connectivity index (χ0) is 12.6. The number of carbonyl (C=O) groups excluding carboxylic acids is 1. The molecule has 16 heavy (non-hydrogen) atoms. The highest BCUT2D eigenvalue weighted by Gasteiger charge is 2.34. The quantitative estimate of drug-likeness (QED) is 0.728. The molecule has 0 aromatic carbocycles. The van der Waals surface area contributed by atoms with Crippen LogP contribution in [0.2, 0.25) is 0 Å². The second kappa shape index (κ2) is 4.38. The minimum absolute atomic E-state index is 0.183. The van der Waals surface area contributed by atoms with Gasteiger partial charge < -0.3 is 5.32 Å². The van der Waals surface area contributed by atoms with Crippen molar-refractivity contribution in [3.8, 4) is 0 Å². The number of nitrogens with one attached hydrogen (secondary N) is 1. The number of rotatable bonds is 1. The molecule has 0 radical (unpaired) electrons. The van der Waals surface area contributed by atoms with Crippen LogP contribution in [0.15, 0.2) is 0 Å². The third-order valence-corrected chi connectivity index (χ3v) is 3.40. The SMILES string of the molecule is CC1CC(NC(=O)C(C)(C)C)CC(C)(C)C1. The van der Waals surface area contributed by atoms with Crippen LogP contribution in [0.25, 0.3) is 0 Å². The summed E-state index contributed by atoms with van der Waals surface area (Å²) in [6, 6.07) is 0.366. The first-order valence-corrected chi connectivity index (χ1v) is 6.41. The van der Waals surface area contributed by atoms with E-state index in [2.05, 4.69) is 26.1 Å². The van der Waals surface area contributed by atoms with Gasteiger partial charge in [-0.2, -0.15) is 0 Å². The lowest BCUT2D eigenvalue weighted by molar-refractivity contribution is -0.129. The first-order chi connectivity index (χ1) is 7.10. The molecule has 2 heteroatoms. The molecule has 0 heterocycles. The van der Waals surface area contributed by atoms with Crippen LogP contribution < -0.4 is 5.32 Å². The Hall–Kier alpha value is -0.530. The molecule has 0 aliphatic heterocycles. The van der Waals surface area contributed by atoms with Gasteiger partial charge in [0.25, 0.3) is 0 Å². The predicted molar refractivity (Wildman–Crippen MR) is 68.2 cm³/mol. The maximum atomic E-state index is 11.9. The summed E-state index contributed by atoms with van der Waals surface area (Å²) < 4.78 is 0. The molecule has 1 aliphatic carbocycles. The Labute approximate surface area is 100 Å². The van der Waals surface area contributed by atoms with E-state index in [4.69, 9.17) is 0 Å². The summed E-state index contributed by atoms with van der Waals surface area (Å²) in [5.41, 5.74) is 0.0956. The van der Waals surface area contributed by atoms with Crippen LogP contribution in [0.3, 0.4) is 0 Å². The van der Waals surface area contributed by atoms with Crippen molar-refractivity contribution in [3.63, 3.8) is 0 Å². The predicted octanol–water partition coefficient (Wildman–Crippen LogP) is 3.36. The summed E-state index contributed by atoms with van der Waals surface area (Å²) in [4.78, 5) is 11.9. The van der Waals surface area contributed by atoms with Crippen LogP contribution in [-0.4, -0.2) is 11.9 Å². The normalized spacial score (nSPS) is 29.9. The van der Waals surface area contributed by atoms with Gasteiger partial charge in [0, 0.05) is 11.5 Å². The van der Waals surface area contributed by atoms with E-state index >= 15 is 0 Å². The molecule has 0 spiro atoms. The standard InChI is InChI=1S/C14H27NO/c1-10-7-11(9-14(5,6)8-10)15-12(16)13(2,3)4/h10-11H,7-9H2,1-6H3,(H,15,16). The van der Waals surface area contributed by atoms with Crippen LogP contribution in [-0.2, 0) is 4.79 Å². The van der Waals surface area contributed by atoms with Crippen molar-refractivity contribution in [2.24, 2.45) is 16.7 Å². The van der Waals surface area contributed by atoms with E-state index in [0.29, 0.717) is 17.4 Å². The molecule has 2 atom stereocenters. The van der Waals surface area contributed by atoms with E-state index in [1.54, 1.807) is 0 Å². The zero-order valence-electron chi connectivity index (χ0n) is 11.7. The summed E-state index contributed by atoms with van der Waals surface area (Å²) in [6.07, 6.45) is 3.51. The third-order valence-electron chi connectivity index (χ3n) is 3.40. The Morgan fingerprint density at radius 3 is 2.25 bits per heavy atom. The van der Waals surface area contributed by atoms with Crippen molar-refractivity contribution < 1.29 is 4.79 Å². The average molecular weight is 225 g/mol. The molecule has 1 N–H and O–H groups in total. The lowest BCUT2D eigenvalue weighted by Crippen LogP contribution is -2.46. The molecular formula is C14H27NO. The van der Waals surface area contributed by atoms with Gasteiger partial charge in [0.2, 0.25) is 5.91 Å². The van der Waals surface area contributed by atoms with Crippen molar-refractivity contribution in [1.29, 1.82) is 0 Å². The van der Waals surface area contributed by atoms with Gasteiger partial charge in [-0.15, -0.1) is 0 Å². The smallest absolute Gasteiger partial charge is 0.225 e. The molecule has 0 aromatic heterocycles. The van der Waals surface area contributed by atoms with E-state index in [0.717, 1.165) is 12.8 Å². The Bertz CT molecular complexity index is 262. The van der Waals surface area contributed by atoms with Gasteiger partial charge in [-0.05, 0) is 30.6 Å². The second-order valence-electron chi connectivity index (χ2n) is 7.33. The van der Waals surface area contributed by atoms with E-state index in [1.807, 2.05) is 20.8 Å². The highest BCUT2D eigenvalue weighted by Crippen LogP contribution is 2.38. The summed E-state index contributed by atoms with van der Waals surface area (Å²) in [7, 11) is 0. The number of amides is 1. The molecule has 1 amide bonds. The van der Waals surface area contributed by atoms with Crippen molar-refractivity contribution >= 4 is 5.91 Å². The van der Waals surface area contributed by atoms with Crippen LogP contribution in [0.4, 0.5) is 0 Å². The maximum Gasteiger partial charge on any atom is 0.225 e. The fourth-order valence-corrected chi connectivity index (χ4v) is 2.86. The van der Waals surface area contributed by atoms with E-state index in [9.17, 15) is 4.79 Å². The van der Waals surface area contributed by atoms with Gasteiger partial charge in [0.15, 0.2) is 0 Å². The lowest BCUT2D eigenvalue weighted by atomic mass is 9.70. The van der Waals surface area contributed by atoms with Gasteiger partial charge in [-0.1, -0.05) is 41.5 Å². The van der Waals surface area contributed by atoms with Crippen LogP contribution in [0.1, 0.15) is 60.8 Å². The van der Waals surface area contributed by atoms with E-state index in [1.165, 1.54) is 6.42 Å². The largest absolute Gasteiger partial charge is 0.353 e.